The highest BCUT2D eigenvalue weighted by atomic mass is 16.6. The third-order valence-corrected chi connectivity index (χ3v) is 5.38. The molecule has 0 unspecified atom stereocenters. The van der Waals surface area contributed by atoms with Crippen LogP contribution >= 0.6 is 0 Å². The molecule has 10 heteroatoms. The topological polar surface area (TPSA) is 102 Å². The molecule has 2 aromatic rings. The van der Waals surface area contributed by atoms with Gasteiger partial charge in [0.25, 0.3) is 0 Å². The summed E-state index contributed by atoms with van der Waals surface area (Å²) in [4.78, 5) is 46.9. The zero-order valence-corrected chi connectivity index (χ0v) is 20.8. The molecule has 1 aliphatic heterocycles. The molecular formula is C25H32N4O6. The first-order valence-electron chi connectivity index (χ1n) is 11.3. The molecule has 1 aliphatic rings. The standard InChI is InChI=1S/C25H32N4O6/c1-25(2,3)35-24(32)28-14-12-27(13-15-28)23(31)29(20-8-10-21(33-4)11-9-20)17-19-7-6-18(16-26-19)22(30)34-5/h6-11,16H,12-15,17H2,1-5H3. The van der Waals surface area contributed by atoms with Crippen LogP contribution < -0.4 is 9.64 Å². The maximum absolute atomic E-state index is 13.6. The van der Waals surface area contributed by atoms with Crippen LogP contribution in [0.4, 0.5) is 15.3 Å². The molecule has 2 heterocycles. The third kappa shape index (κ3) is 6.84. The predicted molar refractivity (Wildman–Crippen MR) is 130 cm³/mol. The Morgan fingerprint density at radius 2 is 1.57 bits per heavy atom. The Kier molecular flexibility index (Phi) is 8.16. The first kappa shape index (κ1) is 25.8. The van der Waals surface area contributed by atoms with Crippen LogP contribution in [0.15, 0.2) is 42.6 Å². The average molecular weight is 485 g/mol. The van der Waals surface area contributed by atoms with E-state index in [0.29, 0.717) is 48.9 Å². The van der Waals surface area contributed by atoms with Crippen LogP contribution in [0, 0.1) is 0 Å². The smallest absolute Gasteiger partial charge is 0.410 e. The number of ether oxygens (including phenoxy) is 3. The number of rotatable bonds is 5. The Bertz CT molecular complexity index is 1030. The minimum absolute atomic E-state index is 0.193. The summed E-state index contributed by atoms with van der Waals surface area (Å²) in [6, 6.07) is 10.3. The number of aromatic nitrogens is 1. The quantitative estimate of drug-likeness (QED) is 0.598. The minimum Gasteiger partial charge on any atom is -0.497 e. The van der Waals surface area contributed by atoms with E-state index in [1.54, 1.807) is 58.2 Å². The lowest BCUT2D eigenvalue weighted by Crippen LogP contribution is -2.54. The Balaban J connectivity index is 1.75. The summed E-state index contributed by atoms with van der Waals surface area (Å²) in [5.74, 6) is 0.197. The van der Waals surface area contributed by atoms with Gasteiger partial charge in [0.15, 0.2) is 0 Å². The summed E-state index contributed by atoms with van der Waals surface area (Å²) in [6.45, 7) is 7.17. The zero-order chi connectivity index (χ0) is 25.6. The molecular weight excluding hydrogens is 452 g/mol. The molecule has 0 radical (unpaired) electrons. The molecule has 10 nitrogen and oxygen atoms in total. The normalized spacial score (nSPS) is 13.7. The van der Waals surface area contributed by atoms with Crippen LogP contribution in [-0.4, -0.2) is 78.9 Å². The molecule has 3 rings (SSSR count). The number of benzene rings is 1. The summed E-state index contributed by atoms with van der Waals surface area (Å²) < 4.78 is 15.4. The van der Waals surface area contributed by atoms with Crippen molar-refractivity contribution in [2.24, 2.45) is 0 Å². The van der Waals surface area contributed by atoms with Gasteiger partial charge in [0, 0.05) is 38.1 Å². The van der Waals surface area contributed by atoms with Crippen LogP contribution in [0.25, 0.3) is 0 Å². The average Bonchev–Trinajstić information content (AvgIpc) is 2.86. The Labute approximate surface area is 205 Å². The number of piperazine rings is 1. The Morgan fingerprint density at radius 3 is 2.09 bits per heavy atom. The van der Waals surface area contributed by atoms with Crippen molar-refractivity contribution < 1.29 is 28.6 Å². The van der Waals surface area contributed by atoms with Crippen molar-refractivity contribution in [1.82, 2.24) is 14.8 Å². The van der Waals surface area contributed by atoms with Gasteiger partial charge in [-0.3, -0.25) is 9.88 Å². The van der Waals surface area contributed by atoms with Crippen molar-refractivity contribution in [2.75, 3.05) is 45.3 Å². The maximum Gasteiger partial charge on any atom is 0.410 e. The van der Waals surface area contributed by atoms with E-state index in [-0.39, 0.29) is 18.7 Å². The summed E-state index contributed by atoms with van der Waals surface area (Å²) in [5, 5.41) is 0. The van der Waals surface area contributed by atoms with Gasteiger partial charge in [-0.05, 0) is 57.2 Å². The minimum atomic E-state index is -0.578. The molecule has 1 aromatic heterocycles. The van der Waals surface area contributed by atoms with Gasteiger partial charge in [0.1, 0.15) is 11.4 Å². The van der Waals surface area contributed by atoms with E-state index in [1.165, 1.54) is 13.3 Å². The number of hydrogen-bond donors (Lipinski definition) is 0. The molecule has 1 fully saturated rings. The van der Waals surface area contributed by atoms with Crippen LogP contribution in [0.1, 0.15) is 36.8 Å². The largest absolute Gasteiger partial charge is 0.497 e. The number of nitrogens with zero attached hydrogens (tertiary/aromatic N) is 4. The van der Waals surface area contributed by atoms with Crippen molar-refractivity contribution in [2.45, 2.75) is 32.9 Å². The van der Waals surface area contributed by atoms with Crippen molar-refractivity contribution in [1.29, 1.82) is 0 Å². The highest BCUT2D eigenvalue weighted by molar-refractivity contribution is 5.92. The number of methoxy groups -OCH3 is 2. The van der Waals surface area contributed by atoms with Crippen molar-refractivity contribution in [3.8, 4) is 5.75 Å². The van der Waals surface area contributed by atoms with E-state index in [4.69, 9.17) is 14.2 Å². The number of carbonyl (C=O) groups is 3. The van der Waals surface area contributed by atoms with E-state index in [0.717, 1.165) is 0 Å². The highest BCUT2D eigenvalue weighted by Gasteiger charge is 2.30. The summed E-state index contributed by atoms with van der Waals surface area (Å²) in [5.41, 5.74) is 1.03. The van der Waals surface area contributed by atoms with E-state index >= 15 is 0 Å². The van der Waals surface area contributed by atoms with Crippen molar-refractivity contribution >= 4 is 23.8 Å². The summed E-state index contributed by atoms with van der Waals surface area (Å²) in [6.07, 6.45) is 1.05. The van der Waals surface area contributed by atoms with Crippen LogP contribution in [-0.2, 0) is 16.0 Å². The molecule has 0 saturated carbocycles. The fourth-order valence-electron chi connectivity index (χ4n) is 3.53. The second-order valence-corrected chi connectivity index (χ2v) is 9.05. The van der Waals surface area contributed by atoms with Crippen LogP contribution in [0.5, 0.6) is 5.75 Å². The maximum atomic E-state index is 13.6. The van der Waals surface area contributed by atoms with Gasteiger partial charge in [-0.25, -0.2) is 14.4 Å². The lowest BCUT2D eigenvalue weighted by Gasteiger charge is -2.38. The van der Waals surface area contributed by atoms with Crippen molar-refractivity contribution in [3.05, 3.63) is 53.9 Å². The third-order valence-electron chi connectivity index (χ3n) is 5.38. The van der Waals surface area contributed by atoms with Gasteiger partial charge in [-0.1, -0.05) is 0 Å². The molecule has 188 valence electrons. The molecule has 0 atom stereocenters. The lowest BCUT2D eigenvalue weighted by molar-refractivity contribution is 0.0172. The number of amides is 3. The number of esters is 1. The second-order valence-electron chi connectivity index (χ2n) is 9.05. The Hall–Kier alpha value is -3.82. The fraction of sp³-hybridized carbons (Fsp3) is 0.440. The molecule has 0 bridgehead atoms. The van der Waals surface area contributed by atoms with E-state index < -0.39 is 11.6 Å². The highest BCUT2D eigenvalue weighted by Crippen LogP contribution is 2.23. The number of pyridine rings is 1. The molecule has 1 aromatic carbocycles. The molecule has 1 saturated heterocycles. The van der Waals surface area contributed by atoms with Gasteiger partial charge < -0.3 is 24.0 Å². The number of carbonyl (C=O) groups excluding carboxylic acids is 3. The van der Waals surface area contributed by atoms with Gasteiger partial charge >= 0.3 is 18.1 Å². The first-order chi connectivity index (χ1) is 16.6. The number of hydrogen-bond acceptors (Lipinski definition) is 7. The van der Waals surface area contributed by atoms with Gasteiger partial charge in [0.2, 0.25) is 0 Å². The lowest BCUT2D eigenvalue weighted by atomic mass is 10.2. The molecule has 3 amide bonds. The molecule has 0 spiro atoms. The second kappa shape index (κ2) is 11.1. The van der Waals surface area contributed by atoms with E-state index in [1.807, 2.05) is 20.8 Å². The summed E-state index contributed by atoms with van der Waals surface area (Å²) >= 11 is 0. The van der Waals surface area contributed by atoms with Gasteiger partial charge in [-0.2, -0.15) is 0 Å². The van der Waals surface area contributed by atoms with Crippen LogP contribution in [0.3, 0.4) is 0 Å². The zero-order valence-electron chi connectivity index (χ0n) is 20.8. The van der Waals surface area contributed by atoms with Crippen molar-refractivity contribution in [3.63, 3.8) is 0 Å². The fourth-order valence-corrected chi connectivity index (χ4v) is 3.53. The number of anilines is 1. The van der Waals surface area contributed by atoms with Gasteiger partial charge in [0.05, 0.1) is 32.0 Å². The van der Waals surface area contributed by atoms with Crippen LogP contribution in [0.2, 0.25) is 0 Å². The Morgan fingerprint density at radius 1 is 0.943 bits per heavy atom. The molecule has 0 aliphatic carbocycles. The van der Waals surface area contributed by atoms with E-state index in [2.05, 4.69) is 4.98 Å². The SMILES string of the molecule is COC(=O)c1ccc(CN(C(=O)N2CCN(C(=O)OC(C)(C)C)CC2)c2ccc(OC)cc2)nc1. The first-order valence-corrected chi connectivity index (χ1v) is 11.3. The predicted octanol–water partition coefficient (Wildman–Crippen LogP) is 3.56. The number of urea groups is 1. The van der Waals surface area contributed by atoms with E-state index in [9.17, 15) is 14.4 Å². The molecule has 0 N–H and O–H groups in total. The summed E-state index contributed by atoms with van der Waals surface area (Å²) in [7, 11) is 2.89. The molecule has 35 heavy (non-hydrogen) atoms. The monoisotopic (exact) mass is 484 g/mol. The van der Waals surface area contributed by atoms with Gasteiger partial charge in [-0.15, -0.1) is 0 Å².